The van der Waals surface area contributed by atoms with Gasteiger partial charge in [-0.3, -0.25) is 5.43 Å². The summed E-state index contributed by atoms with van der Waals surface area (Å²) in [6.45, 7) is 4.08. The predicted octanol–water partition coefficient (Wildman–Crippen LogP) is 4.44. The van der Waals surface area contributed by atoms with Gasteiger partial charge in [0, 0.05) is 10.3 Å². The van der Waals surface area contributed by atoms with Gasteiger partial charge in [-0.25, -0.2) is 4.98 Å². The Balaban J connectivity index is 1.90. The number of fused-ring (bicyclic) bond motifs is 1. The van der Waals surface area contributed by atoms with Crippen molar-refractivity contribution in [2.45, 2.75) is 13.8 Å². The fourth-order valence-electron chi connectivity index (χ4n) is 2.09. The molecule has 0 saturated heterocycles. The maximum Gasteiger partial charge on any atom is 0.147 e. The van der Waals surface area contributed by atoms with Crippen LogP contribution in [0.1, 0.15) is 17.4 Å². The van der Waals surface area contributed by atoms with E-state index in [1.54, 1.807) is 11.3 Å². The van der Waals surface area contributed by atoms with Gasteiger partial charge in [0.15, 0.2) is 0 Å². The topological polar surface area (TPSA) is 37.3 Å². The molecule has 0 aliphatic carbocycles. The van der Waals surface area contributed by atoms with Crippen molar-refractivity contribution >= 4 is 33.8 Å². The molecule has 0 radical (unpaired) electrons. The van der Waals surface area contributed by atoms with E-state index in [4.69, 9.17) is 0 Å². The molecule has 3 rings (SSSR count). The Morgan fingerprint density at radius 1 is 1.20 bits per heavy atom. The number of nitrogens with one attached hydrogen (secondary N) is 1. The first-order valence-electron chi connectivity index (χ1n) is 6.44. The summed E-state index contributed by atoms with van der Waals surface area (Å²) < 4.78 is 0. The summed E-state index contributed by atoms with van der Waals surface area (Å²) in [5, 5.41) is 7.63. The summed E-state index contributed by atoms with van der Waals surface area (Å²) in [6, 6.07) is 14.2. The third-order valence-corrected chi connectivity index (χ3v) is 4.12. The van der Waals surface area contributed by atoms with E-state index in [0.29, 0.717) is 0 Å². The summed E-state index contributed by atoms with van der Waals surface area (Å²) in [6.07, 6.45) is 0. The van der Waals surface area contributed by atoms with E-state index in [-0.39, 0.29) is 0 Å². The highest BCUT2D eigenvalue weighted by atomic mass is 32.1. The third-order valence-electron chi connectivity index (χ3n) is 3.14. The number of anilines is 1. The van der Waals surface area contributed by atoms with Gasteiger partial charge in [-0.15, -0.1) is 11.3 Å². The van der Waals surface area contributed by atoms with Gasteiger partial charge in [0.1, 0.15) is 5.82 Å². The first kappa shape index (κ1) is 12.8. The lowest BCUT2D eigenvalue weighted by molar-refractivity contribution is 1.24. The number of pyridine rings is 1. The normalized spacial score (nSPS) is 11.8. The number of thiophene rings is 1. The number of para-hydroxylation sites is 1. The molecule has 0 saturated carbocycles. The number of rotatable bonds is 3. The molecule has 0 atom stereocenters. The van der Waals surface area contributed by atoms with E-state index in [1.807, 2.05) is 42.6 Å². The number of hydrazone groups is 1. The van der Waals surface area contributed by atoms with Gasteiger partial charge >= 0.3 is 0 Å². The first-order chi connectivity index (χ1) is 9.74. The fourth-order valence-corrected chi connectivity index (χ4v) is 2.76. The van der Waals surface area contributed by atoms with Crippen molar-refractivity contribution in [3.05, 3.63) is 58.3 Å². The Labute approximate surface area is 122 Å². The second-order valence-electron chi connectivity index (χ2n) is 4.63. The number of aryl methyl sites for hydroxylation is 1. The molecule has 4 heteroatoms. The quantitative estimate of drug-likeness (QED) is 0.569. The smallest absolute Gasteiger partial charge is 0.147 e. The second kappa shape index (κ2) is 5.43. The summed E-state index contributed by atoms with van der Waals surface area (Å²) in [4.78, 5) is 5.74. The second-order valence-corrected chi connectivity index (χ2v) is 5.58. The lowest BCUT2D eigenvalue weighted by atomic mass is 10.1. The van der Waals surface area contributed by atoms with E-state index in [1.165, 1.54) is 10.9 Å². The van der Waals surface area contributed by atoms with Gasteiger partial charge in [0.05, 0.1) is 11.2 Å². The zero-order chi connectivity index (χ0) is 13.9. The van der Waals surface area contributed by atoms with Crippen LogP contribution in [0.15, 0.2) is 52.9 Å². The molecule has 0 unspecified atom stereocenters. The molecule has 0 aliphatic heterocycles. The van der Waals surface area contributed by atoms with Crippen LogP contribution in [-0.2, 0) is 0 Å². The molecule has 3 aromatic rings. The Hall–Kier alpha value is -2.20. The minimum absolute atomic E-state index is 0.775. The van der Waals surface area contributed by atoms with Crippen molar-refractivity contribution in [2.75, 3.05) is 5.43 Å². The molecule has 0 bridgehead atoms. The van der Waals surface area contributed by atoms with Crippen LogP contribution < -0.4 is 5.43 Å². The monoisotopic (exact) mass is 281 g/mol. The summed E-state index contributed by atoms with van der Waals surface area (Å²) in [7, 11) is 0. The average Bonchev–Trinajstić information content (AvgIpc) is 2.99. The van der Waals surface area contributed by atoms with E-state index in [9.17, 15) is 0 Å². The van der Waals surface area contributed by atoms with Crippen molar-refractivity contribution in [3.8, 4) is 0 Å². The molecular weight excluding hydrogens is 266 g/mol. The molecule has 3 nitrogen and oxygen atoms in total. The minimum atomic E-state index is 0.775. The highest BCUT2D eigenvalue weighted by molar-refractivity contribution is 7.12. The Morgan fingerprint density at radius 2 is 2.05 bits per heavy atom. The van der Waals surface area contributed by atoms with Crippen molar-refractivity contribution in [1.82, 2.24) is 4.98 Å². The van der Waals surface area contributed by atoms with Gasteiger partial charge in [-0.2, -0.15) is 5.10 Å². The molecule has 2 aromatic heterocycles. The number of benzene rings is 1. The minimum Gasteiger partial charge on any atom is -0.261 e. The molecule has 1 N–H and O–H groups in total. The molecule has 100 valence electrons. The van der Waals surface area contributed by atoms with Crippen molar-refractivity contribution in [1.29, 1.82) is 0 Å². The highest BCUT2D eigenvalue weighted by Gasteiger charge is 2.02. The average molecular weight is 281 g/mol. The SMILES string of the molecule is C/C(=N/Nc1cc(C)c2ccccc2n1)c1cccs1. The fraction of sp³-hybridized carbons (Fsp3) is 0.125. The van der Waals surface area contributed by atoms with Crippen molar-refractivity contribution < 1.29 is 0 Å². The lowest BCUT2D eigenvalue weighted by Crippen LogP contribution is -1.99. The molecule has 0 amide bonds. The van der Waals surface area contributed by atoms with Crippen LogP contribution in [0.3, 0.4) is 0 Å². The Kier molecular flexibility index (Phi) is 3.48. The van der Waals surface area contributed by atoms with Crippen LogP contribution in [0.2, 0.25) is 0 Å². The van der Waals surface area contributed by atoms with E-state index in [2.05, 4.69) is 34.6 Å². The van der Waals surface area contributed by atoms with Crippen LogP contribution in [-0.4, -0.2) is 10.7 Å². The number of hydrogen-bond acceptors (Lipinski definition) is 4. The predicted molar refractivity (Wildman–Crippen MR) is 86.6 cm³/mol. The molecule has 2 heterocycles. The van der Waals surface area contributed by atoms with Crippen LogP contribution in [0.25, 0.3) is 10.9 Å². The number of aromatic nitrogens is 1. The molecule has 0 fully saturated rings. The van der Waals surface area contributed by atoms with Crippen LogP contribution in [0, 0.1) is 6.92 Å². The summed E-state index contributed by atoms with van der Waals surface area (Å²) >= 11 is 1.68. The van der Waals surface area contributed by atoms with Gasteiger partial charge in [0.25, 0.3) is 0 Å². The third kappa shape index (κ3) is 2.56. The highest BCUT2D eigenvalue weighted by Crippen LogP contribution is 2.20. The zero-order valence-electron chi connectivity index (χ0n) is 11.4. The number of hydrogen-bond donors (Lipinski definition) is 1. The maximum absolute atomic E-state index is 4.57. The largest absolute Gasteiger partial charge is 0.261 e. The maximum atomic E-state index is 4.57. The standard InChI is InChI=1S/C16H15N3S/c1-11-10-16(17-14-7-4-3-6-13(11)14)19-18-12(2)15-8-5-9-20-15/h3-10H,1-2H3,(H,17,19)/b18-12-. The van der Waals surface area contributed by atoms with Gasteiger partial charge in [-0.05, 0) is 43.0 Å². The molecular formula is C16H15N3S. The van der Waals surface area contributed by atoms with Crippen molar-refractivity contribution in [3.63, 3.8) is 0 Å². The van der Waals surface area contributed by atoms with Gasteiger partial charge in [-0.1, -0.05) is 24.3 Å². The molecule has 0 aliphatic rings. The number of nitrogens with zero attached hydrogens (tertiary/aromatic N) is 2. The lowest BCUT2D eigenvalue weighted by Gasteiger charge is -2.06. The van der Waals surface area contributed by atoms with E-state index in [0.717, 1.165) is 21.9 Å². The van der Waals surface area contributed by atoms with Crippen LogP contribution >= 0.6 is 11.3 Å². The Bertz CT molecular complexity index is 760. The van der Waals surface area contributed by atoms with Crippen molar-refractivity contribution in [2.24, 2.45) is 5.10 Å². The van der Waals surface area contributed by atoms with Gasteiger partial charge < -0.3 is 0 Å². The molecule has 20 heavy (non-hydrogen) atoms. The zero-order valence-corrected chi connectivity index (χ0v) is 12.2. The van der Waals surface area contributed by atoms with Gasteiger partial charge in [0.2, 0.25) is 0 Å². The molecule has 0 spiro atoms. The summed E-state index contributed by atoms with van der Waals surface area (Å²) in [5.74, 6) is 0.775. The van der Waals surface area contributed by atoms with Crippen LogP contribution in [0.4, 0.5) is 5.82 Å². The van der Waals surface area contributed by atoms with Crippen LogP contribution in [0.5, 0.6) is 0 Å². The first-order valence-corrected chi connectivity index (χ1v) is 7.32. The van der Waals surface area contributed by atoms with E-state index < -0.39 is 0 Å². The molecule has 1 aromatic carbocycles. The summed E-state index contributed by atoms with van der Waals surface area (Å²) in [5.41, 5.74) is 6.20. The van der Waals surface area contributed by atoms with E-state index >= 15 is 0 Å². The Morgan fingerprint density at radius 3 is 2.85 bits per heavy atom.